The fourth-order valence-electron chi connectivity index (χ4n) is 4.48. The van der Waals surface area contributed by atoms with Crippen LogP contribution in [-0.4, -0.2) is 88.5 Å². The van der Waals surface area contributed by atoms with Crippen molar-refractivity contribution in [1.29, 1.82) is 0 Å². The summed E-state index contributed by atoms with van der Waals surface area (Å²) in [6.45, 7) is 9.07. The molecule has 0 spiro atoms. The molecule has 3 aliphatic heterocycles. The molecule has 1 atom stereocenters. The van der Waals surface area contributed by atoms with Crippen molar-refractivity contribution in [2.75, 3.05) is 72.7 Å². The minimum absolute atomic E-state index is 0.305. The molecular formula is C18H33N3O3. The fraction of sp³-hybridized carbons (Fsp3) is 0.944. The lowest BCUT2D eigenvalue weighted by Crippen LogP contribution is -2.54. The average Bonchev–Trinajstić information content (AvgIpc) is 2.63. The van der Waals surface area contributed by atoms with Crippen LogP contribution in [0, 0.1) is 11.3 Å². The van der Waals surface area contributed by atoms with Gasteiger partial charge in [-0.2, -0.15) is 0 Å². The van der Waals surface area contributed by atoms with E-state index in [9.17, 15) is 4.79 Å². The molecule has 6 nitrogen and oxygen atoms in total. The highest BCUT2D eigenvalue weighted by Crippen LogP contribution is 2.33. The minimum Gasteiger partial charge on any atom is -0.384 e. The van der Waals surface area contributed by atoms with E-state index in [1.807, 2.05) is 0 Å². The van der Waals surface area contributed by atoms with Gasteiger partial charge >= 0.3 is 0 Å². The Bertz CT molecular complexity index is 401. The van der Waals surface area contributed by atoms with Gasteiger partial charge in [-0.15, -0.1) is 0 Å². The third-order valence-electron chi connectivity index (χ3n) is 5.86. The Labute approximate surface area is 145 Å². The lowest BCUT2D eigenvalue weighted by Gasteiger charge is -2.43. The quantitative estimate of drug-likeness (QED) is 0.794. The van der Waals surface area contributed by atoms with Crippen molar-refractivity contribution in [2.24, 2.45) is 11.3 Å². The molecule has 0 bridgehead atoms. The van der Waals surface area contributed by atoms with Crippen LogP contribution < -0.4 is 5.32 Å². The predicted molar refractivity (Wildman–Crippen MR) is 93.0 cm³/mol. The average molecular weight is 339 g/mol. The first-order valence-electron chi connectivity index (χ1n) is 9.53. The van der Waals surface area contributed by atoms with E-state index in [1.165, 1.54) is 6.42 Å². The molecule has 3 rings (SSSR count). The number of amides is 1. The summed E-state index contributed by atoms with van der Waals surface area (Å²) in [5.74, 6) is 0.930. The van der Waals surface area contributed by atoms with Crippen LogP contribution in [0.3, 0.4) is 0 Å². The highest BCUT2D eigenvalue weighted by molar-refractivity contribution is 5.83. The van der Waals surface area contributed by atoms with Gasteiger partial charge in [0.15, 0.2) is 0 Å². The highest BCUT2D eigenvalue weighted by atomic mass is 16.5. The van der Waals surface area contributed by atoms with Crippen molar-refractivity contribution in [1.82, 2.24) is 15.1 Å². The summed E-state index contributed by atoms with van der Waals surface area (Å²) in [7, 11) is 1.72. The molecule has 3 aliphatic rings. The summed E-state index contributed by atoms with van der Waals surface area (Å²) in [4.78, 5) is 17.9. The number of hydrogen-bond acceptors (Lipinski definition) is 5. The number of piperidine rings is 2. The van der Waals surface area contributed by atoms with Crippen molar-refractivity contribution in [3.63, 3.8) is 0 Å². The molecule has 0 aromatic rings. The second kappa shape index (κ2) is 8.61. The van der Waals surface area contributed by atoms with E-state index >= 15 is 0 Å². The van der Waals surface area contributed by atoms with Gasteiger partial charge in [-0.25, -0.2) is 0 Å². The fourth-order valence-corrected chi connectivity index (χ4v) is 4.48. The standard InChI is InChI=1S/C18H33N3O3/c1-23-15-18(4-6-19-7-5-18)17(22)21-8-2-3-16(14-21)13-20-9-11-24-12-10-20/h16,19H,2-15H2,1H3. The number of hydrogen-bond donors (Lipinski definition) is 1. The van der Waals surface area contributed by atoms with Gasteiger partial charge in [0, 0.05) is 39.8 Å². The van der Waals surface area contributed by atoms with E-state index in [1.54, 1.807) is 7.11 Å². The van der Waals surface area contributed by atoms with Gasteiger partial charge in [0.2, 0.25) is 5.91 Å². The molecule has 0 aliphatic carbocycles. The van der Waals surface area contributed by atoms with Crippen LogP contribution in [0.25, 0.3) is 0 Å². The summed E-state index contributed by atoms with van der Waals surface area (Å²) in [5.41, 5.74) is -0.305. The zero-order valence-corrected chi connectivity index (χ0v) is 15.1. The third kappa shape index (κ3) is 4.28. The molecule has 1 unspecified atom stereocenters. The largest absolute Gasteiger partial charge is 0.384 e. The zero-order chi connectivity index (χ0) is 16.8. The van der Waals surface area contributed by atoms with Gasteiger partial charge in [-0.05, 0) is 44.7 Å². The molecule has 3 heterocycles. The number of ether oxygens (including phenoxy) is 2. The van der Waals surface area contributed by atoms with Crippen molar-refractivity contribution in [2.45, 2.75) is 25.7 Å². The van der Waals surface area contributed by atoms with Gasteiger partial charge in [0.05, 0.1) is 25.2 Å². The lowest BCUT2D eigenvalue weighted by atomic mass is 9.77. The molecule has 0 saturated carbocycles. The number of nitrogens with one attached hydrogen (secondary N) is 1. The molecule has 1 amide bonds. The van der Waals surface area contributed by atoms with E-state index in [4.69, 9.17) is 9.47 Å². The van der Waals surface area contributed by atoms with Crippen LogP contribution in [-0.2, 0) is 14.3 Å². The monoisotopic (exact) mass is 339 g/mol. The Morgan fingerprint density at radius 3 is 2.71 bits per heavy atom. The zero-order valence-electron chi connectivity index (χ0n) is 15.1. The summed E-state index contributed by atoms with van der Waals surface area (Å²) >= 11 is 0. The molecule has 6 heteroatoms. The molecule has 24 heavy (non-hydrogen) atoms. The van der Waals surface area contributed by atoms with E-state index in [-0.39, 0.29) is 5.41 Å². The van der Waals surface area contributed by atoms with Crippen molar-refractivity contribution < 1.29 is 14.3 Å². The maximum atomic E-state index is 13.3. The van der Waals surface area contributed by atoms with Gasteiger partial charge in [0.1, 0.15) is 0 Å². The Morgan fingerprint density at radius 2 is 2.00 bits per heavy atom. The molecular weight excluding hydrogens is 306 g/mol. The number of likely N-dealkylation sites (tertiary alicyclic amines) is 1. The van der Waals surface area contributed by atoms with E-state index in [2.05, 4.69) is 15.1 Å². The van der Waals surface area contributed by atoms with Gasteiger partial charge < -0.3 is 19.7 Å². The highest BCUT2D eigenvalue weighted by Gasteiger charge is 2.43. The summed E-state index contributed by atoms with van der Waals surface area (Å²) < 4.78 is 10.9. The van der Waals surface area contributed by atoms with Crippen molar-refractivity contribution in [3.05, 3.63) is 0 Å². The Kier molecular flexibility index (Phi) is 6.49. The van der Waals surface area contributed by atoms with Crippen LogP contribution in [0.4, 0.5) is 0 Å². The van der Waals surface area contributed by atoms with Crippen LogP contribution in [0.1, 0.15) is 25.7 Å². The number of morpholine rings is 1. The normalized spacial score (nSPS) is 28.7. The van der Waals surface area contributed by atoms with Crippen molar-refractivity contribution in [3.8, 4) is 0 Å². The maximum absolute atomic E-state index is 13.3. The third-order valence-corrected chi connectivity index (χ3v) is 5.86. The predicted octanol–water partition coefficient (Wildman–Crippen LogP) is 0.573. The molecule has 0 aromatic heterocycles. The second-order valence-electron chi connectivity index (χ2n) is 7.64. The molecule has 0 radical (unpaired) electrons. The smallest absolute Gasteiger partial charge is 0.231 e. The summed E-state index contributed by atoms with van der Waals surface area (Å²) in [6.07, 6.45) is 4.15. The van der Waals surface area contributed by atoms with Gasteiger partial charge in [-0.1, -0.05) is 0 Å². The van der Waals surface area contributed by atoms with Crippen LogP contribution in [0.2, 0.25) is 0 Å². The molecule has 3 saturated heterocycles. The summed E-state index contributed by atoms with van der Waals surface area (Å²) in [6, 6.07) is 0. The van der Waals surface area contributed by atoms with Crippen LogP contribution >= 0.6 is 0 Å². The Balaban J connectivity index is 1.58. The van der Waals surface area contributed by atoms with Crippen LogP contribution in [0.5, 0.6) is 0 Å². The van der Waals surface area contributed by atoms with Gasteiger partial charge in [0.25, 0.3) is 0 Å². The van der Waals surface area contributed by atoms with E-state index in [0.717, 1.165) is 78.3 Å². The SMILES string of the molecule is COCC1(C(=O)N2CCCC(CN3CCOCC3)C2)CCNCC1. The number of rotatable bonds is 5. The lowest BCUT2D eigenvalue weighted by molar-refractivity contribution is -0.149. The van der Waals surface area contributed by atoms with Crippen molar-refractivity contribution >= 4 is 5.91 Å². The number of nitrogens with zero attached hydrogens (tertiary/aromatic N) is 2. The number of carbonyl (C=O) groups is 1. The molecule has 3 fully saturated rings. The summed E-state index contributed by atoms with van der Waals surface area (Å²) in [5, 5.41) is 3.37. The molecule has 1 N–H and O–H groups in total. The number of carbonyl (C=O) groups excluding carboxylic acids is 1. The Morgan fingerprint density at radius 1 is 1.25 bits per heavy atom. The topological polar surface area (TPSA) is 54.0 Å². The number of methoxy groups -OCH3 is 1. The van der Waals surface area contributed by atoms with E-state index < -0.39 is 0 Å². The maximum Gasteiger partial charge on any atom is 0.231 e. The molecule has 138 valence electrons. The second-order valence-corrected chi connectivity index (χ2v) is 7.64. The first kappa shape index (κ1) is 18.1. The Hall–Kier alpha value is -0.690. The van der Waals surface area contributed by atoms with E-state index in [0.29, 0.717) is 18.4 Å². The minimum atomic E-state index is -0.305. The van der Waals surface area contributed by atoms with Crippen LogP contribution in [0.15, 0.2) is 0 Å². The first-order valence-corrected chi connectivity index (χ1v) is 9.53. The molecule has 0 aromatic carbocycles. The first-order chi connectivity index (χ1) is 11.7. The van der Waals surface area contributed by atoms with Gasteiger partial charge in [-0.3, -0.25) is 9.69 Å².